The fraction of sp³-hybridized carbons (Fsp3) is 0.429. The van der Waals surface area contributed by atoms with Gasteiger partial charge in [-0.1, -0.05) is 12.2 Å². The fourth-order valence-electron chi connectivity index (χ4n) is 1.81. The van der Waals surface area contributed by atoms with Crippen LogP contribution < -0.4 is 10.5 Å². The van der Waals surface area contributed by atoms with E-state index in [2.05, 4.69) is 0 Å². The molecule has 6 heteroatoms. The van der Waals surface area contributed by atoms with E-state index in [1.165, 1.54) is 13.2 Å². The quantitative estimate of drug-likeness (QED) is 0.785. The summed E-state index contributed by atoms with van der Waals surface area (Å²) in [5.41, 5.74) is 5.88. The number of phenols is 1. The molecule has 0 atom stereocenters. The van der Waals surface area contributed by atoms with Crippen molar-refractivity contribution < 1.29 is 14.6 Å². The Kier molecular flexibility index (Phi) is 5.76. The third-order valence-corrected chi connectivity index (χ3v) is 3.11. The van der Waals surface area contributed by atoms with Crippen molar-refractivity contribution in [3.05, 3.63) is 23.8 Å². The Morgan fingerprint density at radius 3 is 2.60 bits per heavy atom. The second kappa shape index (κ2) is 7.09. The molecule has 1 rings (SSSR count). The Bertz CT molecular complexity index is 503. The van der Waals surface area contributed by atoms with Gasteiger partial charge >= 0.3 is 0 Å². The van der Waals surface area contributed by atoms with Gasteiger partial charge in [0.25, 0.3) is 5.91 Å². The van der Waals surface area contributed by atoms with Gasteiger partial charge in [0.1, 0.15) is 0 Å². The van der Waals surface area contributed by atoms with E-state index in [9.17, 15) is 9.90 Å². The number of amides is 1. The molecule has 0 heterocycles. The van der Waals surface area contributed by atoms with Crippen LogP contribution in [0.3, 0.4) is 0 Å². The highest BCUT2D eigenvalue weighted by molar-refractivity contribution is 7.80. The summed E-state index contributed by atoms with van der Waals surface area (Å²) in [6.07, 6.45) is 0.474. The Morgan fingerprint density at radius 2 is 2.15 bits per heavy atom. The summed E-state index contributed by atoms with van der Waals surface area (Å²) in [7, 11) is 1.46. The van der Waals surface area contributed by atoms with Gasteiger partial charge in [0.2, 0.25) is 0 Å². The summed E-state index contributed by atoms with van der Waals surface area (Å²) < 4.78 is 4.96. The fourth-order valence-corrected chi connectivity index (χ4v) is 1.91. The lowest BCUT2D eigenvalue weighted by Gasteiger charge is -2.26. The number of methoxy groups -OCH3 is 1. The van der Waals surface area contributed by atoms with Crippen LogP contribution in [0.2, 0.25) is 0 Å². The second-order valence-corrected chi connectivity index (χ2v) is 5.22. The van der Waals surface area contributed by atoms with Crippen LogP contribution in [0.15, 0.2) is 18.2 Å². The van der Waals surface area contributed by atoms with E-state index in [4.69, 9.17) is 22.7 Å². The van der Waals surface area contributed by atoms with Crippen molar-refractivity contribution >= 4 is 23.1 Å². The van der Waals surface area contributed by atoms with Crippen molar-refractivity contribution in [2.24, 2.45) is 5.73 Å². The second-order valence-electron chi connectivity index (χ2n) is 4.70. The number of carbonyl (C=O) groups is 1. The number of thiocarbonyl (C=S) groups is 1. The molecule has 0 unspecified atom stereocenters. The minimum atomic E-state index is -0.172. The van der Waals surface area contributed by atoms with Gasteiger partial charge in [-0.05, 0) is 32.0 Å². The normalized spacial score (nSPS) is 10.4. The van der Waals surface area contributed by atoms with Crippen LogP contribution in [0.4, 0.5) is 0 Å². The summed E-state index contributed by atoms with van der Waals surface area (Å²) in [6, 6.07) is 4.60. The van der Waals surface area contributed by atoms with Crippen LogP contribution >= 0.6 is 12.2 Å². The molecule has 0 saturated carbocycles. The Morgan fingerprint density at radius 1 is 1.50 bits per heavy atom. The summed E-state index contributed by atoms with van der Waals surface area (Å²) >= 11 is 4.84. The van der Waals surface area contributed by atoms with Gasteiger partial charge in [-0.2, -0.15) is 0 Å². The van der Waals surface area contributed by atoms with Crippen molar-refractivity contribution in [3.8, 4) is 11.5 Å². The lowest BCUT2D eigenvalue weighted by atomic mass is 10.1. The molecule has 0 fully saturated rings. The maximum absolute atomic E-state index is 12.4. The minimum absolute atomic E-state index is 0.0149. The zero-order valence-corrected chi connectivity index (χ0v) is 12.7. The number of aromatic hydroxyl groups is 1. The minimum Gasteiger partial charge on any atom is -0.504 e. The molecule has 0 aliphatic carbocycles. The number of phenolic OH excluding ortho intramolecular Hbond substituents is 1. The smallest absolute Gasteiger partial charge is 0.254 e. The Hall–Kier alpha value is -1.82. The number of carbonyl (C=O) groups excluding carboxylic acids is 1. The first kappa shape index (κ1) is 16.2. The van der Waals surface area contributed by atoms with Gasteiger partial charge in [0.15, 0.2) is 11.5 Å². The summed E-state index contributed by atoms with van der Waals surface area (Å²) in [6.45, 7) is 4.29. The Balaban J connectivity index is 2.94. The number of nitrogens with zero attached hydrogens (tertiary/aromatic N) is 1. The molecular weight excluding hydrogens is 276 g/mol. The summed E-state index contributed by atoms with van der Waals surface area (Å²) in [5.74, 6) is 0.103. The van der Waals surface area contributed by atoms with E-state index in [0.29, 0.717) is 29.3 Å². The monoisotopic (exact) mass is 296 g/mol. The van der Waals surface area contributed by atoms with Crippen molar-refractivity contribution in [1.29, 1.82) is 0 Å². The lowest BCUT2D eigenvalue weighted by Crippen LogP contribution is -2.38. The van der Waals surface area contributed by atoms with Crippen molar-refractivity contribution in [1.82, 2.24) is 4.90 Å². The number of benzene rings is 1. The van der Waals surface area contributed by atoms with Crippen molar-refractivity contribution in [2.75, 3.05) is 13.7 Å². The number of nitrogens with two attached hydrogens (primary N) is 1. The molecule has 0 radical (unpaired) electrons. The summed E-state index contributed by atoms with van der Waals surface area (Å²) in [4.78, 5) is 14.5. The van der Waals surface area contributed by atoms with Crippen LogP contribution in [0, 0.1) is 0 Å². The highest BCUT2D eigenvalue weighted by Gasteiger charge is 2.19. The van der Waals surface area contributed by atoms with Gasteiger partial charge < -0.3 is 20.5 Å². The molecule has 0 aliphatic heterocycles. The predicted molar refractivity (Wildman–Crippen MR) is 82.2 cm³/mol. The number of rotatable bonds is 6. The van der Waals surface area contributed by atoms with Crippen molar-refractivity contribution in [2.45, 2.75) is 26.3 Å². The van der Waals surface area contributed by atoms with Gasteiger partial charge in [0, 0.05) is 24.6 Å². The molecule has 0 saturated heterocycles. The molecule has 110 valence electrons. The van der Waals surface area contributed by atoms with E-state index < -0.39 is 0 Å². The topological polar surface area (TPSA) is 75.8 Å². The average molecular weight is 296 g/mol. The molecule has 1 amide bonds. The zero-order chi connectivity index (χ0) is 15.3. The highest BCUT2D eigenvalue weighted by atomic mass is 32.1. The molecule has 20 heavy (non-hydrogen) atoms. The molecule has 0 aliphatic rings. The van der Waals surface area contributed by atoms with E-state index in [0.717, 1.165) is 0 Å². The number of ether oxygens (including phenoxy) is 1. The van der Waals surface area contributed by atoms with Gasteiger partial charge in [0.05, 0.1) is 12.1 Å². The first-order valence-electron chi connectivity index (χ1n) is 6.33. The molecule has 0 bridgehead atoms. The van der Waals surface area contributed by atoms with E-state index in [1.807, 2.05) is 13.8 Å². The number of hydrogen-bond donors (Lipinski definition) is 2. The van der Waals surface area contributed by atoms with Crippen LogP contribution in [-0.2, 0) is 0 Å². The molecule has 1 aromatic rings. The molecule has 1 aromatic carbocycles. The van der Waals surface area contributed by atoms with Crippen LogP contribution in [0.1, 0.15) is 30.6 Å². The lowest BCUT2D eigenvalue weighted by molar-refractivity contribution is 0.0711. The van der Waals surface area contributed by atoms with Gasteiger partial charge in [-0.25, -0.2) is 0 Å². The third kappa shape index (κ3) is 4.09. The van der Waals surface area contributed by atoms with Gasteiger partial charge in [-0.15, -0.1) is 0 Å². The van der Waals surface area contributed by atoms with E-state index in [-0.39, 0.29) is 17.7 Å². The van der Waals surface area contributed by atoms with Crippen molar-refractivity contribution in [3.63, 3.8) is 0 Å². The average Bonchev–Trinajstić information content (AvgIpc) is 2.37. The molecular formula is C14H20N2O3S. The van der Waals surface area contributed by atoms with Gasteiger partial charge in [-0.3, -0.25) is 4.79 Å². The van der Waals surface area contributed by atoms with Crippen LogP contribution in [-0.4, -0.2) is 40.6 Å². The predicted octanol–water partition coefficient (Wildman–Crippen LogP) is 1.93. The maximum Gasteiger partial charge on any atom is 0.254 e. The van der Waals surface area contributed by atoms with E-state index in [1.54, 1.807) is 17.0 Å². The molecule has 0 aromatic heterocycles. The largest absolute Gasteiger partial charge is 0.504 e. The summed E-state index contributed by atoms with van der Waals surface area (Å²) in [5, 5.41) is 9.74. The third-order valence-electron chi connectivity index (χ3n) is 2.91. The molecule has 5 nitrogen and oxygen atoms in total. The molecule has 3 N–H and O–H groups in total. The SMILES string of the molecule is COc1ccc(C(=O)N(CCC(N)=S)C(C)C)cc1O. The maximum atomic E-state index is 12.4. The zero-order valence-electron chi connectivity index (χ0n) is 11.9. The standard InChI is InChI=1S/C14H20N2O3S/c1-9(2)16(7-6-13(15)20)14(18)10-4-5-12(19-3)11(17)8-10/h4-5,8-9,17H,6-7H2,1-3H3,(H2,15,20). The number of hydrogen-bond acceptors (Lipinski definition) is 4. The highest BCUT2D eigenvalue weighted by Crippen LogP contribution is 2.27. The Labute approximate surface area is 124 Å². The van der Waals surface area contributed by atoms with E-state index >= 15 is 0 Å². The van der Waals surface area contributed by atoms with Crippen LogP contribution in [0.5, 0.6) is 11.5 Å². The first-order chi connectivity index (χ1) is 9.36. The first-order valence-corrected chi connectivity index (χ1v) is 6.74. The molecule has 0 spiro atoms. The van der Waals surface area contributed by atoms with Crippen LogP contribution in [0.25, 0.3) is 0 Å².